The number of hydrogen-bond acceptors (Lipinski definition) is 3. The van der Waals surface area contributed by atoms with E-state index in [0.29, 0.717) is 18.8 Å². The summed E-state index contributed by atoms with van der Waals surface area (Å²) in [6, 6.07) is 9.59. The van der Waals surface area contributed by atoms with Crippen LogP contribution in [0, 0.1) is 6.92 Å². The SMILES string of the molecule is CCO[C@H](CNC(=O)Nc1cn(C)nc1C)c1ccccc1. The van der Waals surface area contributed by atoms with E-state index in [4.69, 9.17) is 4.74 Å². The van der Waals surface area contributed by atoms with E-state index in [-0.39, 0.29) is 12.1 Å². The highest BCUT2D eigenvalue weighted by Crippen LogP contribution is 2.16. The van der Waals surface area contributed by atoms with Gasteiger partial charge < -0.3 is 15.4 Å². The molecule has 0 radical (unpaired) electrons. The Hall–Kier alpha value is -2.34. The summed E-state index contributed by atoms with van der Waals surface area (Å²) in [6.07, 6.45) is 1.61. The molecule has 0 fully saturated rings. The zero-order chi connectivity index (χ0) is 15.9. The quantitative estimate of drug-likeness (QED) is 0.862. The Labute approximate surface area is 130 Å². The van der Waals surface area contributed by atoms with E-state index in [9.17, 15) is 4.79 Å². The maximum absolute atomic E-state index is 12.0. The molecule has 0 bridgehead atoms. The van der Waals surface area contributed by atoms with E-state index in [1.165, 1.54) is 0 Å². The minimum absolute atomic E-state index is 0.160. The molecular weight excluding hydrogens is 280 g/mol. The molecule has 118 valence electrons. The third kappa shape index (κ3) is 4.33. The second-order valence-electron chi connectivity index (χ2n) is 4.99. The number of rotatable bonds is 6. The maximum atomic E-state index is 12.0. The van der Waals surface area contributed by atoms with Crippen molar-refractivity contribution in [1.29, 1.82) is 0 Å². The van der Waals surface area contributed by atoms with Crippen molar-refractivity contribution in [2.45, 2.75) is 20.0 Å². The lowest BCUT2D eigenvalue weighted by Gasteiger charge is -2.18. The molecule has 2 amide bonds. The number of carbonyl (C=O) groups is 1. The monoisotopic (exact) mass is 302 g/mol. The third-order valence-corrected chi connectivity index (χ3v) is 3.25. The van der Waals surface area contributed by atoms with Crippen molar-refractivity contribution in [2.24, 2.45) is 7.05 Å². The highest BCUT2D eigenvalue weighted by Gasteiger charge is 2.13. The summed E-state index contributed by atoms with van der Waals surface area (Å²) in [5.41, 5.74) is 2.52. The van der Waals surface area contributed by atoms with Crippen LogP contribution in [0.3, 0.4) is 0 Å². The van der Waals surface area contributed by atoms with Gasteiger partial charge in [-0.2, -0.15) is 5.10 Å². The summed E-state index contributed by atoms with van der Waals surface area (Å²) in [5.74, 6) is 0. The predicted octanol–water partition coefficient (Wildman–Crippen LogP) is 2.63. The van der Waals surface area contributed by atoms with Crippen molar-refractivity contribution in [3.63, 3.8) is 0 Å². The summed E-state index contributed by atoms with van der Waals surface area (Å²) < 4.78 is 7.36. The first kappa shape index (κ1) is 16.0. The summed E-state index contributed by atoms with van der Waals surface area (Å²) in [7, 11) is 1.82. The van der Waals surface area contributed by atoms with Gasteiger partial charge in [-0.15, -0.1) is 0 Å². The fraction of sp³-hybridized carbons (Fsp3) is 0.375. The molecule has 6 heteroatoms. The molecule has 1 aromatic carbocycles. The predicted molar refractivity (Wildman–Crippen MR) is 85.8 cm³/mol. The molecule has 0 aliphatic carbocycles. The van der Waals surface area contributed by atoms with Gasteiger partial charge in [0, 0.05) is 26.4 Å². The molecular formula is C16H22N4O2. The molecule has 0 aliphatic heterocycles. The van der Waals surface area contributed by atoms with Gasteiger partial charge in [0.05, 0.1) is 17.5 Å². The first-order chi connectivity index (χ1) is 10.6. The topological polar surface area (TPSA) is 68.2 Å². The van der Waals surface area contributed by atoms with Crippen LogP contribution in [0.1, 0.15) is 24.3 Å². The van der Waals surface area contributed by atoms with E-state index in [2.05, 4.69) is 15.7 Å². The van der Waals surface area contributed by atoms with Crippen molar-refractivity contribution < 1.29 is 9.53 Å². The normalized spacial score (nSPS) is 12.0. The Balaban J connectivity index is 1.92. The number of anilines is 1. The number of hydrogen-bond donors (Lipinski definition) is 2. The zero-order valence-corrected chi connectivity index (χ0v) is 13.2. The molecule has 1 atom stereocenters. The second kappa shape index (κ2) is 7.61. The van der Waals surface area contributed by atoms with Crippen LogP contribution in [-0.4, -0.2) is 29.0 Å². The van der Waals surface area contributed by atoms with E-state index in [0.717, 1.165) is 11.3 Å². The van der Waals surface area contributed by atoms with Crippen molar-refractivity contribution >= 4 is 11.7 Å². The van der Waals surface area contributed by atoms with Crippen molar-refractivity contribution in [3.8, 4) is 0 Å². The van der Waals surface area contributed by atoms with E-state index >= 15 is 0 Å². The van der Waals surface area contributed by atoms with Crippen LogP contribution in [-0.2, 0) is 11.8 Å². The number of ether oxygens (including phenoxy) is 1. The Morgan fingerprint density at radius 3 is 2.68 bits per heavy atom. The molecule has 22 heavy (non-hydrogen) atoms. The van der Waals surface area contributed by atoms with E-state index < -0.39 is 0 Å². The summed E-state index contributed by atoms with van der Waals surface area (Å²) in [5, 5.41) is 9.82. The molecule has 6 nitrogen and oxygen atoms in total. The van der Waals surface area contributed by atoms with Gasteiger partial charge >= 0.3 is 6.03 Å². The number of aryl methyl sites for hydroxylation is 2. The van der Waals surface area contributed by atoms with E-state index in [1.54, 1.807) is 10.9 Å². The Kier molecular flexibility index (Phi) is 5.55. The highest BCUT2D eigenvalue weighted by molar-refractivity contribution is 5.89. The fourth-order valence-corrected chi connectivity index (χ4v) is 2.22. The van der Waals surface area contributed by atoms with E-state index in [1.807, 2.05) is 51.2 Å². The Morgan fingerprint density at radius 2 is 2.09 bits per heavy atom. The van der Waals surface area contributed by atoms with Gasteiger partial charge in [0.2, 0.25) is 0 Å². The van der Waals surface area contributed by atoms with Crippen LogP contribution in [0.15, 0.2) is 36.5 Å². The van der Waals surface area contributed by atoms with Crippen LogP contribution in [0.25, 0.3) is 0 Å². The van der Waals surface area contributed by atoms with Gasteiger partial charge in [0.1, 0.15) is 0 Å². The number of amides is 2. The maximum Gasteiger partial charge on any atom is 0.319 e. The molecule has 0 saturated carbocycles. The van der Waals surface area contributed by atoms with Gasteiger partial charge in [-0.05, 0) is 19.4 Å². The largest absolute Gasteiger partial charge is 0.372 e. The third-order valence-electron chi connectivity index (χ3n) is 3.25. The number of aromatic nitrogens is 2. The lowest BCUT2D eigenvalue weighted by atomic mass is 10.1. The van der Waals surface area contributed by atoms with Crippen molar-refractivity contribution in [1.82, 2.24) is 15.1 Å². The lowest BCUT2D eigenvalue weighted by molar-refractivity contribution is 0.0643. The lowest BCUT2D eigenvalue weighted by Crippen LogP contribution is -2.33. The van der Waals surface area contributed by atoms with Crippen molar-refractivity contribution in [3.05, 3.63) is 47.8 Å². The van der Waals surface area contributed by atoms with Gasteiger partial charge in [-0.25, -0.2) is 4.79 Å². The minimum Gasteiger partial charge on any atom is -0.372 e. The van der Waals surface area contributed by atoms with Crippen LogP contribution < -0.4 is 10.6 Å². The number of nitrogens with zero attached hydrogens (tertiary/aromatic N) is 2. The molecule has 0 spiro atoms. The minimum atomic E-state index is -0.267. The van der Waals surface area contributed by atoms with Gasteiger partial charge in [-0.1, -0.05) is 30.3 Å². The summed E-state index contributed by atoms with van der Waals surface area (Å²) in [4.78, 5) is 12.0. The molecule has 0 aliphatic rings. The average molecular weight is 302 g/mol. The number of carbonyl (C=O) groups excluding carboxylic acids is 1. The molecule has 2 rings (SSSR count). The molecule has 2 aromatic rings. The van der Waals surface area contributed by atoms with Crippen LogP contribution in [0.5, 0.6) is 0 Å². The fourth-order valence-electron chi connectivity index (χ4n) is 2.22. The number of urea groups is 1. The zero-order valence-electron chi connectivity index (χ0n) is 13.2. The van der Waals surface area contributed by atoms with Crippen LogP contribution in [0.2, 0.25) is 0 Å². The van der Waals surface area contributed by atoms with Gasteiger partial charge in [-0.3, -0.25) is 4.68 Å². The standard InChI is InChI=1S/C16H22N4O2/c1-4-22-15(13-8-6-5-7-9-13)10-17-16(21)18-14-11-20(3)19-12(14)2/h5-9,11,15H,4,10H2,1-3H3,(H2,17,18,21)/t15-/m1/s1. The molecule has 1 heterocycles. The molecule has 2 N–H and O–H groups in total. The molecule has 0 unspecified atom stereocenters. The first-order valence-electron chi connectivity index (χ1n) is 7.31. The summed E-state index contributed by atoms with van der Waals surface area (Å²) >= 11 is 0. The smallest absolute Gasteiger partial charge is 0.319 e. The van der Waals surface area contributed by atoms with Crippen molar-refractivity contribution in [2.75, 3.05) is 18.5 Å². The first-order valence-corrected chi connectivity index (χ1v) is 7.31. The van der Waals surface area contributed by atoms with Gasteiger partial charge in [0.15, 0.2) is 0 Å². The molecule has 0 saturated heterocycles. The van der Waals surface area contributed by atoms with Gasteiger partial charge in [0.25, 0.3) is 0 Å². The molecule has 1 aromatic heterocycles. The average Bonchev–Trinajstić information content (AvgIpc) is 2.82. The number of nitrogens with one attached hydrogen (secondary N) is 2. The second-order valence-corrected chi connectivity index (χ2v) is 4.99. The Morgan fingerprint density at radius 1 is 1.36 bits per heavy atom. The van der Waals surface area contributed by atoms with Crippen LogP contribution in [0.4, 0.5) is 10.5 Å². The van der Waals surface area contributed by atoms with Crippen LogP contribution >= 0.6 is 0 Å². The number of benzene rings is 1. The summed E-state index contributed by atoms with van der Waals surface area (Å²) in [6.45, 7) is 4.78. The highest BCUT2D eigenvalue weighted by atomic mass is 16.5. The Bertz CT molecular complexity index is 610.